The molecule has 18 heavy (non-hydrogen) atoms. The normalized spacial score (nSPS) is 12.6. The summed E-state index contributed by atoms with van der Waals surface area (Å²) in [6, 6.07) is 5.82. The third-order valence-electron chi connectivity index (χ3n) is 3.16. The molecule has 0 bridgehead atoms. The summed E-state index contributed by atoms with van der Waals surface area (Å²) in [5.41, 5.74) is 1.75. The molecule has 0 amide bonds. The van der Waals surface area contributed by atoms with Crippen LogP contribution in [0.15, 0.2) is 27.8 Å². The van der Waals surface area contributed by atoms with Crippen molar-refractivity contribution in [3.63, 3.8) is 0 Å². The Morgan fingerprint density at radius 2 is 2.11 bits per heavy atom. The van der Waals surface area contributed by atoms with E-state index in [0.29, 0.717) is 17.7 Å². The van der Waals surface area contributed by atoms with Crippen molar-refractivity contribution in [2.75, 3.05) is 0 Å². The first kappa shape index (κ1) is 10.8. The molecule has 92 valence electrons. The Labute approximate surface area is 103 Å². The van der Waals surface area contributed by atoms with E-state index in [1.54, 1.807) is 0 Å². The van der Waals surface area contributed by atoms with Gasteiger partial charge in [-0.25, -0.2) is 4.79 Å². The van der Waals surface area contributed by atoms with E-state index in [-0.39, 0.29) is 11.4 Å². The molecule has 0 saturated heterocycles. The summed E-state index contributed by atoms with van der Waals surface area (Å²) in [6.45, 7) is 1.96. The van der Waals surface area contributed by atoms with Gasteiger partial charge in [-0.05, 0) is 24.1 Å². The molecular weight excluding hydrogens is 232 g/mol. The Balaban J connectivity index is 2.23. The molecule has 0 saturated carbocycles. The van der Waals surface area contributed by atoms with Crippen LogP contribution in [0.3, 0.4) is 0 Å². The minimum Gasteiger partial charge on any atom is -0.440 e. The first-order chi connectivity index (χ1) is 8.56. The largest absolute Gasteiger partial charge is 0.440 e. The van der Waals surface area contributed by atoms with Crippen molar-refractivity contribution in [1.82, 2.24) is 9.55 Å². The third kappa shape index (κ3) is 1.48. The van der Waals surface area contributed by atoms with E-state index in [9.17, 15) is 9.59 Å². The van der Waals surface area contributed by atoms with Gasteiger partial charge in [0.15, 0.2) is 0 Å². The molecule has 1 aromatic heterocycles. The van der Waals surface area contributed by atoms with E-state index < -0.39 is 5.69 Å². The first-order valence-electron chi connectivity index (χ1n) is 5.66. The van der Waals surface area contributed by atoms with Crippen molar-refractivity contribution in [2.24, 2.45) is 7.05 Å². The monoisotopic (exact) mass is 244 g/mol. The Hall–Kier alpha value is -2.30. The molecule has 1 aliphatic heterocycles. The summed E-state index contributed by atoms with van der Waals surface area (Å²) in [5, 5.41) is 0. The smallest absolute Gasteiger partial charge is 0.330 e. The summed E-state index contributed by atoms with van der Waals surface area (Å²) >= 11 is 0. The SMILES string of the molecule is Cc1ccc2c(c1)Oc1[nH]c(=O)n(C)c(=O)c1C2. The number of nitrogens with one attached hydrogen (secondary N) is 1. The molecule has 1 N–H and O–H groups in total. The van der Waals surface area contributed by atoms with Gasteiger partial charge in [0.25, 0.3) is 5.56 Å². The summed E-state index contributed by atoms with van der Waals surface area (Å²) < 4.78 is 6.66. The Bertz CT molecular complexity index is 756. The quantitative estimate of drug-likeness (QED) is 0.643. The van der Waals surface area contributed by atoms with Crippen LogP contribution in [0, 0.1) is 6.92 Å². The van der Waals surface area contributed by atoms with Crippen LogP contribution < -0.4 is 16.0 Å². The minimum absolute atomic E-state index is 0.265. The molecule has 0 unspecified atom stereocenters. The van der Waals surface area contributed by atoms with Crippen LogP contribution in [0.5, 0.6) is 11.6 Å². The fourth-order valence-corrected chi connectivity index (χ4v) is 2.09. The fourth-order valence-electron chi connectivity index (χ4n) is 2.09. The zero-order valence-electron chi connectivity index (χ0n) is 10.1. The topological polar surface area (TPSA) is 64.1 Å². The number of hydrogen-bond donors (Lipinski definition) is 1. The van der Waals surface area contributed by atoms with Crippen molar-refractivity contribution in [1.29, 1.82) is 0 Å². The van der Waals surface area contributed by atoms with Crippen molar-refractivity contribution in [2.45, 2.75) is 13.3 Å². The number of fused-ring (bicyclic) bond motifs is 2. The lowest BCUT2D eigenvalue weighted by Gasteiger charge is -2.19. The molecule has 0 fully saturated rings. The van der Waals surface area contributed by atoms with E-state index >= 15 is 0 Å². The predicted octanol–water partition coefficient (Wildman–Crippen LogP) is 1.08. The highest BCUT2D eigenvalue weighted by Crippen LogP contribution is 2.33. The lowest BCUT2D eigenvalue weighted by Crippen LogP contribution is -2.36. The molecule has 0 spiro atoms. The molecule has 2 aromatic rings. The van der Waals surface area contributed by atoms with Crippen LogP contribution in [0.25, 0.3) is 0 Å². The number of ether oxygens (including phenoxy) is 1. The standard InChI is InChI=1S/C13H12N2O3/c1-7-3-4-8-6-9-11(18-10(8)5-7)14-13(17)15(2)12(9)16/h3-5H,6H2,1-2H3,(H,14,17). The molecule has 1 aromatic carbocycles. The van der Waals surface area contributed by atoms with Crippen LogP contribution in [0.2, 0.25) is 0 Å². The second-order valence-corrected chi connectivity index (χ2v) is 4.49. The van der Waals surface area contributed by atoms with Crippen molar-refractivity contribution in [3.8, 4) is 11.6 Å². The maximum atomic E-state index is 12.0. The number of aromatic amines is 1. The summed E-state index contributed by atoms with van der Waals surface area (Å²) in [5.74, 6) is 0.965. The molecule has 0 atom stereocenters. The van der Waals surface area contributed by atoms with Gasteiger partial charge in [-0.3, -0.25) is 14.3 Å². The third-order valence-corrected chi connectivity index (χ3v) is 3.16. The van der Waals surface area contributed by atoms with Gasteiger partial charge in [0.2, 0.25) is 5.88 Å². The van der Waals surface area contributed by atoms with E-state index in [2.05, 4.69) is 4.98 Å². The summed E-state index contributed by atoms with van der Waals surface area (Å²) in [6.07, 6.45) is 0.481. The van der Waals surface area contributed by atoms with Crippen molar-refractivity contribution >= 4 is 0 Å². The zero-order chi connectivity index (χ0) is 12.9. The highest BCUT2D eigenvalue weighted by molar-refractivity contribution is 5.47. The molecule has 5 heteroatoms. The van der Waals surface area contributed by atoms with E-state index in [0.717, 1.165) is 15.7 Å². The average Bonchev–Trinajstić information content (AvgIpc) is 2.34. The number of hydrogen-bond acceptors (Lipinski definition) is 3. The molecule has 0 radical (unpaired) electrons. The average molecular weight is 244 g/mol. The maximum Gasteiger partial charge on any atom is 0.330 e. The number of aromatic nitrogens is 2. The van der Waals surface area contributed by atoms with Crippen LogP contribution in [-0.2, 0) is 13.5 Å². The molecule has 2 heterocycles. The second kappa shape index (κ2) is 3.60. The summed E-state index contributed by atoms with van der Waals surface area (Å²) in [4.78, 5) is 26.1. The zero-order valence-corrected chi connectivity index (χ0v) is 10.1. The molecular formula is C13H12N2O3. The molecule has 1 aliphatic rings. The van der Waals surface area contributed by atoms with Gasteiger partial charge in [0, 0.05) is 13.5 Å². The minimum atomic E-state index is -0.463. The van der Waals surface area contributed by atoms with Gasteiger partial charge in [-0.2, -0.15) is 0 Å². The predicted molar refractivity (Wildman–Crippen MR) is 66.4 cm³/mol. The van der Waals surface area contributed by atoms with Crippen LogP contribution in [0.4, 0.5) is 0 Å². The van der Waals surface area contributed by atoms with E-state index in [1.165, 1.54) is 7.05 Å². The van der Waals surface area contributed by atoms with Crippen molar-refractivity contribution < 1.29 is 4.74 Å². The lowest BCUT2D eigenvalue weighted by atomic mass is 10.0. The summed E-state index contributed by atoms with van der Waals surface area (Å²) in [7, 11) is 1.45. The molecule has 0 aliphatic carbocycles. The number of rotatable bonds is 0. The number of benzene rings is 1. The van der Waals surface area contributed by atoms with Gasteiger partial charge < -0.3 is 4.74 Å². The Kier molecular flexibility index (Phi) is 2.16. The van der Waals surface area contributed by atoms with E-state index in [1.807, 2.05) is 25.1 Å². The van der Waals surface area contributed by atoms with Gasteiger partial charge >= 0.3 is 5.69 Å². The highest BCUT2D eigenvalue weighted by Gasteiger charge is 2.21. The first-order valence-corrected chi connectivity index (χ1v) is 5.66. The van der Waals surface area contributed by atoms with Crippen LogP contribution in [-0.4, -0.2) is 9.55 Å². The van der Waals surface area contributed by atoms with E-state index in [4.69, 9.17) is 4.74 Å². The molecule has 3 rings (SSSR count). The van der Waals surface area contributed by atoms with Crippen LogP contribution >= 0.6 is 0 Å². The fraction of sp³-hybridized carbons (Fsp3) is 0.231. The number of nitrogens with zero attached hydrogens (tertiary/aromatic N) is 1. The Morgan fingerprint density at radius 1 is 1.33 bits per heavy atom. The van der Waals surface area contributed by atoms with Crippen LogP contribution in [0.1, 0.15) is 16.7 Å². The molecule has 5 nitrogen and oxygen atoms in total. The lowest BCUT2D eigenvalue weighted by molar-refractivity contribution is 0.430. The van der Waals surface area contributed by atoms with Gasteiger partial charge in [0.05, 0.1) is 5.56 Å². The Morgan fingerprint density at radius 3 is 2.89 bits per heavy atom. The highest BCUT2D eigenvalue weighted by atomic mass is 16.5. The maximum absolute atomic E-state index is 12.0. The van der Waals surface area contributed by atoms with Gasteiger partial charge in [-0.1, -0.05) is 12.1 Å². The number of aryl methyl sites for hydroxylation is 1. The number of H-pyrrole nitrogens is 1. The van der Waals surface area contributed by atoms with Gasteiger partial charge in [-0.15, -0.1) is 0 Å². The second-order valence-electron chi connectivity index (χ2n) is 4.49. The van der Waals surface area contributed by atoms with Gasteiger partial charge in [0.1, 0.15) is 5.75 Å². The van der Waals surface area contributed by atoms with Crippen molar-refractivity contribution in [3.05, 3.63) is 55.7 Å².